The Morgan fingerprint density at radius 1 is 1.00 bits per heavy atom. The molecule has 2 aromatic carbocycles. The molecule has 0 aliphatic heterocycles. The molecule has 144 valence electrons. The minimum absolute atomic E-state index is 0.138. The van der Waals surface area contributed by atoms with Crippen LogP contribution in [0.1, 0.15) is 22.3 Å². The van der Waals surface area contributed by atoms with Gasteiger partial charge in [-0.1, -0.05) is 36.4 Å². The van der Waals surface area contributed by atoms with Gasteiger partial charge in [0.25, 0.3) is 5.91 Å². The molecule has 0 saturated carbocycles. The number of anilines is 1. The number of rotatable bonds is 11. The Balaban J connectivity index is 1.72. The summed E-state index contributed by atoms with van der Waals surface area (Å²) in [4.78, 5) is 24.2. The van der Waals surface area contributed by atoms with Crippen molar-refractivity contribution in [2.24, 2.45) is 0 Å². The van der Waals surface area contributed by atoms with E-state index in [2.05, 4.69) is 28.1 Å². The van der Waals surface area contributed by atoms with Gasteiger partial charge in [-0.2, -0.15) is 0 Å². The fourth-order valence-corrected chi connectivity index (χ4v) is 2.54. The van der Waals surface area contributed by atoms with Crippen molar-refractivity contribution < 1.29 is 14.3 Å². The fourth-order valence-electron chi connectivity index (χ4n) is 2.54. The van der Waals surface area contributed by atoms with Gasteiger partial charge in [0.2, 0.25) is 5.91 Å². The van der Waals surface area contributed by atoms with Crippen molar-refractivity contribution in [1.29, 1.82) is 0 Å². The Labute approximate surface area is 160 Å². The van der Waals surface area contributed by atoms with E-state index in [1.807, 2.05) is 18.2 Å². The van der Waals surface area contributed by atoms with E-state index in [-0.39, 0.29) is 18.4 Å². The molecule has 0 spiro atoms. The number of methoxy groups -OCH3 is 1. The van der Waals surface area contributed by atoms with E-state index in [9.17, 15) is 9.59 Å². The monoisotopic (exact) mass is 369 g/mol. The Kier molecular flexibility index (Phi) is 9.03. The molecule has 0 fully saturated rings. The third kappa shape index (κ3) is 8.02. The Bertz CT molecular complexity index is 720. The van der Waals surface area contributed by atoms with E-state index < -0.39 is 0 Å². The maximum Gasteiger partial charge on any atom is 0.251 e. The predicted octanol–water partition coefficient (Wildman–Crippen LogP) is 2.22. The van der Waals surface area contributed by atoms with Gasteiger partial charge in [-0.15, -0.1) is 0 Å². The zero-order valence-corrected chi connectivity index (χ0v) is 15.7. The summed E-state index contributed by atoms with van der Waals surface area (Å²) in [6, 6.07) is 17.0. The van der Waals surface area contributed by atoms with Crippen molar-refractivity contribution >= 4 is 17.5 Å². The predicted molar refractivity (Wildman–Crippen MR) is 107 cm³/mol. The van der Waals surface area contributed by atoms with Crippen LogP contribution in [0.15, 0.2) is 54.6 Å². The molecule has 0 atom stereocenters. The summed E-state index contributed by atoms with van der Waals surface area (Å²) in [6.07, 6.45) is 1.63. The molecule has 0 aromatic heterocycles. The molecule has 6 nitrogen and oxygen atoms in total. The molecule has 0 aliphatic carbocycles. The highest BCUT2D eigenvalue weighted by atomic mass is 16.5. The van der Waals surface area contributed by atoms with Crippen LogP contribution in [-0.2, 0) is 16.0 Å². The van der Waals surface area contributed by atoms with E-state index in [0.717, 1.165) is 19.4 Å². The lowest BCUT2D eigenvalue weighted by atomic mass is 10.1. The highest BCUT2D eigenvalue weighted by Crippen LogP contribution is 2.10. The highest BCUT2D eigenvalue weighted by Gasteiger charge is 2.07. The van der Waals surface area contributed by atoms with Gasteiger partial charge in [0, 0.05) is 31.5 Å². The largest absolute Gasteiger partial charge is 0.385 e. The lowest BCUT2D eigenvalue weighted by Crippen LogP contribution is -2.29. The quantitative estimate of drug-likeness (QED) is 0.531. The number of amides is 2. The molecule has 0 heterocycles. The minimum Gasteiger partial charge on any atom is -0.385 e. The number of nitrogens with one attached hydrogen (secondary N) is 3. The fraction of sp³-hybridized carbons (Fsp3) is 0.333. The van der Waals surface area contributed by atoms with Crippen LogP contribution in [0.2, 0.25) is 0 Å². The zero-order valence-electron chi connectivity index (χ0n) is 15.7. The van der Waals surface area contributed by atoms with Crippen LogP contribution < -0.4 is 16.0 Å². The molecule has 27 heavy (non-hydrogen) atoms. The van der Waals surface area contributed by atoms with E-state index in [4.69, 9.17) is 4.74 Å². The summed E-state index contributed by atoms with van der Waals surface area (Å²) < 4.78 is 4.95. The SMILES string of the molecule is COCCCNC(=O)c1cccc(NC(=O)CNCCc2ccccc2)c1. The molecule has 2 aromatic rings. The second-order valence-corrected chi connectivity index (χ2v) is 6.14. The lowest BCUT2D eigenvalue weighted by molar-refractivity contribution is -0.115. The summed E-state index contributed by atoms with van der Waals surface area (Å²) in [5, 5.41) is 8.77. The van der Waals surface area contributed by atoms with Crippen molar-refractivity contribution in [2.75, 3.05) is 38.7 Å². The van der Waals surface area contributed by atoms with Crippen molar-refractivity contribution in [3.05, 3.63) is 65.7 Å². The molecule has 0 saturated heterocycles. The van der Waals surface area contributed by atoms with Crippen molar-refractivity contribution in [2.45, 2.75) is 12.8 Å². The number of carbonyl (C=O) groups is 2. The first-order valence-corrected chi connectivity index (χ1v) is 9.10. The summed E-state index contributed by atoms with van der Waals surface area (Å²) in [5.41, 5.74) is 2.35. The normalized spacial score (nSPS) is 10.4. The van der Waals surface area contributed by atoms with Gasteiger partial charge in [0.1, 0.15) is 0 Å². The van der Waals surface area contributed by atoms with Gasteiger partial charge in [-0.25, -0.2) is 0 Å². The van der Waals surface area contributed by atoms with Crippen molar-refractivity contribution in [3.8, 4) is 0 Å². The molecular formula is C21H27N3O3. The molecule has 0 radical (unpaired) electrons. The van der Waals surface area contributed by atoms with E-state index in [1.165, 1.54) is 5.56 Å². The smallest absolute Gasteiger partial charge is 0.251 e. The summed E-state index contributed by atoms with van der Waals surface area (Å²) in [5.74, 6) is -0.302. The van der Waals surface area contributed by atoms with Gasteiger partial charge in [-0.3, -0.25) is 9.59 Å². The molecule has 2 rings (SSSR count). The highest BCUT2D eigenvalue weighted by molar-refractivity contribution is 5.97. The van der Waals surface area contributed by atoms with Crippen LogP contribution >= 0.6 is 0 Å². The molecule has 0 aliphatic rings. The molecule has 0 unspecified atom stereocenters. The van der Waals surface area contributed by atoms with Crippen molar-refractivity contribution in [1.82, 2.24) is 10.6 Å². The van der Waals surface area contributed by atoms with Crippen LogP contribution in [-0.4, -0.2) is 45.2 Å². The average Bonchev–Trinajstić information content (AvgIpc) is 2.69. The third-order valence-electron chi connectivity index (χ3n) is 3.94. The summed E-state index contributed by atoms with van der Waals surface area (Å²) >= 11 is 0. The van der Waals surface area contributed by atoms with Gasteiger partial charge in [-0.05, 0) is 43.1 Å². The van der Waals surface area contributed by atoms with Crippen molar-refractivity contribution in [3.63, 3.8) is 0 Å². The summed E-state index contributed by atoms with van der Waals surface area (Å²) in [6.45, 7) is 2.10. The van der Waals surface area contributed by atoms with Crippen LogP contribution in [0.25, 0.3) is 0 Å². The van der Waals surface area contributed by atoms with E-state index in [1.54, 1.807) is 31.4 Å². The van der Waals surface area contributed by atoms with Crippen LogP contribution in [0.5, 0.6) is 0 Å². The standard InChI is InChI=1S/C21H27N3O3/c1-27-14-6-12-23-21(26)18-9-5-10-19(15-18)24-20(25)16-22-13-11-17-7-3-2-4-8-17/h2-5,7-10,15,22H,6,11-14,16H2,1H3,(H,23,26)(H,24,25). The molecule has 0 bridgehead atoms. The summed E-state index contributed by atoms with van der Waals surface area (Å²) in [7, 11) is 1.63. The Morgan fingerprint density at radius 2 is 1.81 bits per heavy atom. The number of hydrogen-bond donors (Lipinski definition) is 3. The average molecular weight is 369 g/mol. The maximum atomic E-state index is 12.1. The van der Waals surface area contributed by atoms with Gasteiger partial charge in [0.15, 0.2) is 0 Å². The first-order chi connectivity index (χ1) is 13.2. The topological polar surface area (TPSA) is 79.5 Å². The van der Waals surface area contributed by atoms with Gasteiger partial charge >= 0.3 is 0 Å². The van der Waals surface area contributed by atoms with Crippen LogP contribution in [0.4, 0.5) is 5.69 Å². The second kappa shape index (κ2) is 11.8. The van der Waals surface area contributed by atoms with Crippen LogP contribution in [0.3, 0.4) is 0 Å². The number of hydrogen-bond acceptors (Lipinski definition) is 4. The molecule has 6 heteroatoms. The van der Waals surface area contributed by atoms with E-state index >= 15 is 0 Å². The number of benzene rings is 2. The van der Waals surface area contributed by atoms with Gasteiger partial charge < -0.3 is 20.7 Å². The third-order valence-corrected chi connectivity index (χ3v) is 3.94. The molecule has 2 amide bonds. The Hall–Kier alpha value is -2.70. The second-order valence-electron chi connectivity index (χ2n) is 6.14. The molecule has 3 N–H and O–H groups in total. The lowest BCUT2D eigenvalue weighted by Gasteiger charge is -2.09. The number of carbonyl (C=O) groups excluding carboxylic acids is 2. The Morgan fingerprint density at radius 3 is 2.59 bits per heavy atom. The number of ether oxygens (including phenoxy) is 1. The zero-order chi connectivity index (χ0) is 19.3. The first-order valence-electron chi connectivity index (χ1n) is 9.10. The van der Waals surface area contributed by atoms with Gasteiger partial charge in [0.05, 0.1) is 6.54 Å². The van der Waals surface area contributed by atoms with E-state index in [0.29, 0.717) is 24.4 Å². The maximum absolute atomic E-state index is 12.1. The first kappa shape index (κ1) is 20.6. The van der Waals surface area contributed by atoms with Crippen LogP contribution in [0, 0.1) is 0 Å². The molecular weight excluding hydrogens is 342 g/mol. The minimum atomic E-state index is -0.164.